The predicted octanol–water partition coefficient (Wildman–Crippen LogP) is 0.814. The van der Waals surface area contributed by atoms with Crippen LogP contribution in [-0.4, -0.2) is 22.2 Å². The van der Waals surface area contributed by atoms with E-state index in [-0.39, 0.29) is 13.0 Å². The number of nitro groups is 1. The van der Waals surface area contributed by atoms with Crippen LogP contribution in [0, 0.1) is 10.1 Å². The van der Waals surface area contributed by atoms with E-state index in [1.807, 2.05) is 0 Å². The van der Waals surface area contributed by atoms with E-state index in [1.54, 1.807) is 13.8 Å². The SMILES string of the molecule is CCC(C)(O)CC[N+](=O)[O-]. The van der Waals surface area contributed by atoms with E-state index >= 15 is 0 Å². The Kier molecular flexibility index (Phi) is 3.28. The molecule has 0 fully saturated rings. The van der Waals surface area contributed by atoms with Gasteiger partial charge >= 0.3 is 0 Å². The molecule has 0 rings (SSSR count). The highest BCUT2D eigenvalue weighted by Crippen LogP contribution is 2.12. The van der Waals surface area contributed by atoms with Crippen molar-refractivity contribution in [2.45, 2.75) is 32.3 Å². The Balaban J connectivity index is 3.56. The molecule has 0 aromatic rings. The molecule has 0 heterocycles. The molecular weight excluding hydrogens is 134 g/mol. The largest absolute Gasteiger partial charge is 0.390 e. The highest BCUT2D eigenvalue weighted by molar-refractivity contribution is 4.68. The van der Waals surface area contributed by atoms with Crippen molar-refractivity contribution in [1.29, 1.82) is 0 Å². The smallest absolute Gasteiger partial charge is 0.206 e. The Morgan fingerprint density at radius 2 is 2.20 bits per heavy atom. The summed E-state index contributed by atoms with van der Waals surface area (Å²) < 4.78 is 0. The van der Waals surface area contributed by atoms with Crippen molar-refractivity contribution in [3.63, 3.8) is 0 Å². The van der Waals surface area contributed by atoms with Crippen LogP contribution >= 0.6 is 0 Å². The predicted molar refractivity (Wildman–Crippen MR) is 37.4 cm³/mol. The molecule has 0 amide bonds. The molecule has 0 saturated heterocycles. The molecular formula is C6H13NO3. The van der Waals surface area contributed by atoms with E-state index in [9.17, 15) is 15.2 Å². The lowest BCUT2D eigenvalue weighted by atomic mass is 10.00. The summed E-state index contributed by atoms with van der Waals surface area (Å²) in [6, 6.07) is 0. The van der Waals surface area contributed by atoms with Crippen LogP contribution in [0.5, 0.6) is 0 Å². The first kappa shape index (κ1) is 9.36. The van der Waals surface area contributed by atoms with E-state index in [2.05, 4.69) is 0 Å². The molecule has 0 aliphatic carbocycles. The highest BCUT2D eigenvalue weighted by atomic mass is 16.6. The van der Waals surface area contributed by atoms with Crippen molar-refractivity contribution in [2.24, 2.45) is 0 Å². The van der Waals surface area contributed by atoms with Gasteiger partial charge in [-0.2, -0.15) is 0 Å². The van der Waals surface area contributed by atoms with Gasteiger partial charge in [-0.25, -0.2) is 0 Å². The molecule has 60 valence electrons. The van der Waals surface area contributed by atoms with Crippen LogP contribution in [-0.2, 0) is 0 Å². The molecule has 0 aromatic carbocycles. The van der Waals surface area contributed by atoms with E-state index < -0.39 is 10.5 Å². The molecule has 0 aliphatic heterocycles. The fraction of sp³-hybridized carbons (Fsp3) is 1.00. The van der Waals surface area contributed by atoms with Gasteiger partial charge < -0.3 is 5.11 Å². The van der Waals surface area contributed by atoms with Gasteiger partial charge in [-0.1, -0.05) is 6.92 Å². The second-order valence-corrected chi connectivity index (χ2v) is 2.66. The molecule has 10 heavy (non-hydrogen) atoms. The Morgan fingerprint density at radius 1 is 1.70 bits per heavy atom. The molecule has 0 aromatic heterocycles. The summed E-state index contributed by atoms with van der Waals surface area (Å²) in [7, 11) is 0. The first-order chi connectivity index (χ1) is 4.48. The van der Waals surface area contributed by atoms with E-state index in [0.717, 1.165) is 0 Å². The molecule has 0 aliphatic rings. The van der Waals surface area contributed by atoms with Crippen molar-refractivity contribution in [1.82, 2.24) is 0 Å². The molecule has 0 radical (unpaired) electrons. The Bertz CT molecular complexity index is 122. The maximum atomic E-state index is 9.86. The lowest BCUT2D eigenvalue weighted by Crippen LogP contribution is -2.26. The van der Waals surface area contributed by atoms with Crippen molar-refractivity contribution < 1.29 is 10.0 Å². The quantitative estimate of drug-likeness (QED) is 0.473. The summed E-state index contributed by atoms with van der Waals surface area (Å²) >= 11 is 0. The Hall–Kier alpha value is -0.640. The number of hydrogen-bond acceptors (Lipinski definition) is 3. The monoisotopic (exact) mass is 147 g/mol. The van der Waals surface area contributed by atoms with Crippen LogP contribution in [0.25, 0.3) is 0 Å². The second kappa shape index (κ2) is 3.51. The number of hydrogen-bond donors (Lipinski definition) is 1. The highest BCUT2D eigenvalue weighted by Gasteiger charge is 2.19. The zero-order chi connectivity index (χ0) is 8.20. The van der Waals surface area contributed by atoms with E-state index in [0.29, 0.717) is 6.42 Å². The number of aliphatic hydroxyl groups is 1. The van der Waals surface area contributed by atoms with Gasteiger partial charge in [-0.3, -0.25) is 10.1 Å². The maximum absolute atomic E-state index is 9.86. The fourth-order valence-corrected chi connectivity index (χ4v) is 0.509. The van der Waals surface area contributed by atoms with Gasteiger partial charge in [0, 0.05) is 11.3 Å². The van der Waals surface area contributed by atoms with Crippen LogP contribution in [0.2, 0.25) is 0 Å². The fourth-order valence-electron chi connectivity index (χ4n) is 0.509. The van der Waals surface area contributed by atoms with E-state index in [1.165, 1.54) is 0 Å². The van der Waals surface area contributed by atoms with Gasteiger partial charge in [-0.05, 0) is 13.3 Å². The van der Waals surface area contributed by atoms with Crippen LogP contribution in [0.15, 0.2) is 0 Å². The summed E-state index contributed by atoms with van der Waals surface area (Å²) in [4.78, 5) is 9.44. The third-order valence-electron chi connectivity index (χ3n) is 1.59. The number of rotatable bonds is 4. The standard InChI is InChI=1S/C6H13NO3/c1-3-6(2,8)4-5-7(9)10/h8H,3-5H2,1-2H3. The van der Waals surface area contributed by atoms with Gasteiger partial charge in [0.25, 0.3) is 0 Å². The topological polar surface area (TPSA) is 63.4 Å². The molecule has 4 heteroatoms. The normalized spacial score (nSPS) is 16.3. The summed E-state index contributed by atoms with van der Waals surface area (Å²) in [5, 5.41) is 19.1. The van der Waals surface area contributed by atoms with Gasteiger partial charge in [0.05, 0.1) is 5.60 Å². The maximum Gasteiger partial charge on any atom is 0.206 e. The second-order valence-electron chi connectivity index (χ2n) is 2.66. The van der Waals surface area contributed by atoms with Crippen molar-refractivity contribution in [3.05, 3.63) is 10.1 Å². The van der Waals surface area contributed by atoms with Gasteiger partial charge in [0.2, 0.25) is 6.54 Å². The minimum Gasteiger partial charge on any atom is -0.390 e. The molecule has 1 unspecified atom stereocenters. The minimum absolute atomic E-state index is 0.152. The zero-order valence-corrected chi connectivity index (χ0v) is 6.33. The molecule has 0 bridgehead atoms. The first-order valence-electron chi connectivity index (χ1n) is 3.32. The van der Waals surface area contributed by atoms with Crippen LogP contribution in [0.3, 0.4) is 0 Å². The van der Waals surface area contributed by atoms with Crippen LogP contribution in [0.4, 0.5) is 0 Å². The van der Waals surface area contributed by atoms with Gasteiger partial charge in [0.15, 0.2) is 0 Å². The van der Waals surface area contributed by atoms with Crippen molar-refractivity contribution >= 4 is 0 Å². The summed E-state index contributed by atoms with van der Waals surface area (Å²) in [5.41, 5.74) is -0.868. The van der Waals surface area contributed by atoms with E-state index in [4.69, 9.17) is 0 Å². The van der Waals surface area contributed by atoms with Crippen molar-refractivity contribution in [3.8, 4) is 0 Å². The zero-order valence-electron chi connectivity index (χ0n) is 6.33. The third-order valence-corrected chi connectivity index (χ3v) is 1.59. The summed E-state index contributed by atoms with van der Waals surface area (Å²) in [6.07, 6.45) is 0.789. The first-order valence-corrected chi connectivity index (χ1v) is 3.32. The van der Waals surface area contributed by atoms with Gasteiger partial charge in [-0.15, -0.1) is 0 Å². The lowest BCUT2D eigenvalue weighted by Gasteiger charge is -2.17. The molecule has 1 N–H and O–H groups in total. The average molecular weight is 147 g/mol. The molecule has 4 nitrogen and oxygen atoms in total. The number of nitrogens with zero attached hydrogens (tertiary/aromatic N) is 1. The molecule has 0 saturated carbocycles. The third kappa shape index (κ3) is 4.26. The Morgan fingerprint density at radius 3 is 2.50 bits per heavy atom. The summed E-state index contributed by atoms with van der Waals surface area (Å²) in [6.45, 7) is 3.26. The van der Waals surface area contributed by atoms with Crippen LogP contribution < -0.4 is 0 Å². The minimum atomic E-state index is -0.868. The Labute approximate surface area is 60.0 Å². The molecule has 1 atom stereocenters. The lowest BCUT2D eigenvalue weighted by molar-refractivity contribution is -0.483. The van der Waals surface area contributed by atoms with Gasteiger partial charge in [0.1, 0.15) is 0 Å². The molecule has 0 spiro atoms. The van der Waals surface area contributed by atoms with Crippen molar-refractivity contribution in [2.75, 3.05) is 6.54 Å². The average Bonchev–Trinajstić information content (AvgIpc) is 1.85. The van der Waals surface area contributed by atoms with Crippen LogP contribution in [0.1, 0.15) is 26.7 Å². The summed E-state index contributed by atoms with van der Waals surface area (Å²) in [5.74, 6) is 0.